The van der Waals surface area contributed by atoms with Gasteiger partial charge in [-0.25, -0.2) is 9.78 Å². The molecule has 1 heterocycles. The number of nitrogens with zero attached hydrogens (tertiary/aromatic N) is 2. The van der Waals surface area contributed by atoms with E-state index in [4.69, 9.17) is 5.11 Å². The first-order valence-electron chi connectivity index (χ1n) is 7.78. The summed E-state index contributed by atoms with van der Waals surface area (Å²) in [6.45, 7) is 7.42. The Balaban J connectivity index is 2.36. The van der Waals surface area contributed by atoms with Crippen LogP contribution >= 0.6 is 0 Å². The SMILES string of the molecule is CCCCCCn1c(C(C)C)nc2cc(C(=O)O)ccc21. The van der Waals surface area contributed by atoms with Crippen molar-refractivity contribution >= 4 is 17.0 Å². The number of aryl methyl sites for hydroxylation is 1. The molecule has 1 aromatic carbocycles. The standard InChI is InChI=1S/C17H24N2O2/c1-4-5-6-7-10-19-15-9-8-13(17(20)21)11-14(15)18-16(19)12(2)3/h8-9,11-12H,4-7,10H2,1-3H3,(H,20,21). The summed E-state index contributed by atoms with van der Waals surface area (Å²) in [5.41, 5.74) is 2.13. The van der Waals surface area contributed by atoms with Crippen LogP contribution in [0, 0.1) is 0 Å². The third kappa shape index (κ3) is 3.43. The van der Waals surface area contributed by atoms with E-state index in [2.05, 4.69) is 30.3 Å². The van der Waals surface area contributed by atoms with Gasteiger partial charge in [-0.1, -0.05) is 40.0 Å². The fourth-order valence-corrected chi connectivity index (χ4v) is 2.65. The maximum Gasteiger partial charge on any atom is 0.335 e. The summed E-state index contributed by atoms with van der Waals surface area (Å²) in [6.07, 6.45) is 4.84. The van der Waals surface area contributed by atoms with Crippen molar-refractivity contribution in [3.05, 3.63) is 29.6 Å². The van der Waals surface area contributed by atoms with Crippen LogP contribution < -0.4 is 0 Å². The molecule has 0 aliphatic carbocycles. The van der Waals surface area contributed by atoms with Gasteiger partial charge < -0.3 is 9.67 Å². The van der Waals surface area contributed by atoms with Crippen molar-refractivity contribution in [2.45, 2.75) is 58.9 Å². The molecular formula is C17H24N2O2. The number of carboxylic acids is 1. The fourth-order valence-electron chi connectivity index (χ4n) is 2.65. The van der Waals surface area contributed by atoms with Crippen LogP contribution in [0.2, 0.25) is 0 Å². The predicted molar refractivity (Wildman–Crippen MR) is 84.9 cm³/mol. The molecule has 4 nitrogen and oxygen atoms in total. The first-order chi connectivity index (χ1) is 10.0. The van der Waals surface area contributed by atoms with Crippen LogP contribution in [-0.4, -0.2) is 20.6 Å². The predicted octanol–water partition coefficient (Wildman–Crippen LogP) is 4.44. The lowest BCUT2D eigenvalue weighted by molar-refractivity contribution is 0.0697. The highest BCUT2D eigenvalue weighted by Gasteiger charge is 2.15. The molecular weight excluding hydrogens is 264 g/mol. The zero-order chi connectivity index (χ0) is 15.4. The Hall–Kier alpha value is -1.84. The van der Waals surface area contributed by atoms with Crippen LogP contribution in [-0.2, 0) is 6.54 Å². The maximum atomic E-state index is 11.1. The summed E-state index contributed by atoms with van der Waals surface area (Å²) < 4.78 is 2.25. The summed E-state index contributed by atoms with van der Waals surface area (Å²) in [5.74, 6) is 0.474. The molecule has 0 bridgehead atoms. The molecule has 114 valence electrons. The monoisotopic (exact) mass is 288 g/mol. The zero-order valence-corrected chi connectivity index (χ0v) is 13.1. The number of carboxylic acid groups (broad SMARTS) is 1. The third-order valence-corrected chi connectivity index (χ3v) is 3.78. The summed E-state index contributed by atoms with van der Waals surface area (Å²) in [6, 6.07) is 5.22. The summed E-state index contributed by atoms with van der Waals surface area (Å²) in [7, 11) is 0. The number of rotatable bonds is 7. The van der Waals surface area contributed by atoms with Crippen molar-refractivity contribution in [1.82, 2.24) is 9.55 Å². The summed E-state index contributed by atoms with van der Waals surface area (Å²) in [4.78, 5) is 15.7. The second-order valence-electron chi connectivity index (χ2n) is 5.85. The topological polar surface area (TPSA) is 55.1 Å². The second-order valence-corrected chi connectivity index (χ2v) is 5.85. The highest BCUT2D eigenvalue weighted by molar-refractivity contribution is 5.92. The number of unbranched alkanes of at least 4 members (excludes halogenated alkanes) is 3. The molecule has 4 heteroatoms. The van der Waals surface area contributed by atoms with Crippen LogP contribution in [0.25, 0.3) is 11.0 Å². The Morgan fingerprint density at radius 1 is 1.29 bits per heavy atom. The summed E-state index contributed by atoms with van der Waals surface area (Å²) in [5, 5.41) is 9.10. The highest BCUT2D eigenvalue weighted by atomic mass is 16.4. The van der Waals surface area contributed by atoms with E-state index in [1.807, 2.05) is 6.07 Å². The van der Waals surface area contributed by atoms with Crippen LogP contribution in [0.4, 0.5) is 0 Å². The molecule has 0 spiro atoms. The number of hydrogen-bond acceptors (Lipinski definition) is 2. The van der Waals surface area contributed by atoms with Gasteiger partial charge in [0, 0.05) is 12.5 Å². The Morgan fingerprint density at radius 3 is 2.67 bits per heavy atom. The smallest absolute Gasteiger partial charge is 0.335 e. The average Bonchev–Trinajstić information content (AvgIpc) is 2.81. The van der Waals surface area contributed by atoms with E-state index in [0.717, 1.165) is 29.8 Å². The Bertz CT molecular complexity index is 629. The van der Waals surface area contributed by atoms with E-state index in [-0.39, 0.29) is 0 Å². The Kier molecular flexibility index (Phi) is 4.99. The number of benzene rings is 1. The van der Waals surface area contributed by atoms with Crippen molar-refractivity contribution in [3.8, 4) is 0 Å². The molecule has 2 rings (SSSR count). The van der Waals surface area contributed by atoms with Crippen LogP contribution in [0.5, 0.6) is 0 Å². The number of carbonyl (C=O) groups is 1. The van der Waals surface area contributed by atoms with Gasteiger partial charge in [0.25, 0.3) is 0 Å². The minimum atomic E-state index is -0.902. The van der Waals surface area contributed by atoms with Gasteiger partial charge in [0.15, 0.2) is 0 Å². The molecule has 1 aromatic heterocycles. The van der Waals surface area contributed by atoms with E-state index in [1.54, 1.807) is 12.1 Å². The fraction of sp³-hybridized carbons (Fsp3) is 0.529. The first kappa shape index (κ1) is 15.5. The second kappa shape index (κ2) is 6.74. The molecule has 1 N–H and O–H groups in total. The molecule has 0 aliphatic rings. The largest absolute Gasteiger partial charge is 0.478 e. The molecule has 0 saturated heterocycles. The Labute approximate surface area is 125 Å². The van der Waals surface area contributed by atoms with E-state index < -0.39 is 5.97 Å². The van der Waals surface area contributed by atoms with Crippen molar-refractivity contribution in [3.63, 3.8) is 0 Å². The van der Waals surface area contributed by atoms with Gasteiger partial charge in [-0.05, 0) is 24.6 Å². The number of aromatic nitrogens is 2. The molecule has 0 atom stereocenters. The third-order valence-electron chi connectivity index (χ3n) is 3.78. The van der Waals surface area contributed by atoms with E-state index in [9.17, 15) is 4.79 Å². The lowest BCUT2D eigenvalue weighted by Gasteiger charge is -2.11. The van der Waals surface area contributed by atoms with Crippen molar-refractivity contribution < 1.29 is 9.90 Å². The van der Waals surface area contributed by atoms with Crippen LogP contribution in [0.1, 0.15) is 68.6 Å². The van der Waals surface area contributed by atoms with Gasteiger partial charge in [-0.2, -0.15) is 0 Å². The maximum absolute atomic E-state index is 11.1. The quantitative estimate of drug-likeness (QED) is 0.766. The normalized spacial score (nSPS) is 11.4. The van der Waals surface area contributed by atoms with Gasteiger partial charge >= 0.3 is 5.97 Å². The molecule has 0 aliphatic heterocycles. The van der Waals surface area contributed by atoms with E-state index in [0.29, 0.717) is 11.5 Å². The number of aromatic carboxylic acids is 1. The molecule has 21 heavy (non-hydrogen) atoms. The van der Waals surface area contributed by atoms with Crippen molar-refractivity contribution in [1.29, 1.82) is 0 Å². The van der Waals surface area contributed by atoms with Gasteiger partial charge in [-0.15, -0.1) is 0 Å². The lowest BCUT2D eigenvalue weighted by atomic mass is 10.1. The van der Waals surface area contributed by atoms with Gasteiger partial charge in [0.2, 0.25) is 0 Å². The van der Waals surface area contributed by atoms with E-state index in [1.165, 1.54) is 19.3 Å². The molecule has 0 unspecified atom stereocenters. The van der Waals surface area contributed by atoms with Crippen LogP contribution in [0.3, 0.4) is 0 Å². The van der Waals surface area contributed by atoms with Gasteiger partial charge in [-0.3, -0.25) is 0 Å². The van der Waals surface area contributed by atoms with Gasteiger partial charge in [0.05, 0.1) is 16.6 Å². The summed E-state index contributed by atoms with van der Waals surface area (Å²) >= 11 is 0. The molecule has 2 aromatic rings. The highest BCUT2D eigenvalue weighted by Crippen LogP contribution is 2.23. The van der Waals surface area contributed by atoms with Gasteiger partial charge in [0.1, 0.15) is 5.82 Å². The van der Waals surface area contributed by atoms with E-state index >= 15 is 0 Å². The van der Waals surface area contributed by atoms with Crippen molar-refractivity contribution in [2.24, 2.45) is 0 Å². The zero-order valence-electron chi connectivity index (χ0n) is 13.1. The van der Waals surface area contributed by atoms with Crippen molar-refractivity contribution in [2.75, 3.05) is 0 Å². The first-order valence-corrected chi connectivity index (χ1v) is 7.78. The Morgan fingerprint density at radius 2 is 2.05 bits per heavy atom. The molecule has 0 amide bonds. The minimum Gasteiger partial charge on any atom is -0.478 e. The average molecular weight is 288 g/mol. The lowest BCUT2D eigenvalue weighted by Crippen LogP contribution is -2.05. The van der Waals surface area contributed by atoms with Crippen LogP contribution in [0.15, 0.2) is 18.2 Å². The number of imidazole rings is 1. The minimum absolute atomic E-state index is 0.299. The number of fused-ring (bicyclic) bond motifs is 1. The molecule has 0 saturated carbocycles. The molecule has 0 radical (unpaired) electrons. The molecule has 0 fully saturated rings. The number of hydrogen-bond donors (Lipinski definition) is 1.